The van der Waals surface area contributed by atoms with Gasteiger partial charge in [0.25, 0.3) is 0 Å². The van der Waals surface area contributed by atoms with Crippen molar-refractivity contribution in [3.8, 4) is 0 Å². The zero-order valence-electron chi connectivity index (χ0n) is 12.6. The summed E-state index contributed by atoms with van der Waals surface area (Å²) in [7, 11) is 0. The summed E-state index contributed by atoms with van der Waals surface area (Å²) in [6.07, 6.45) is 4.65. The Morgan fingerprint density at radius 2 is 1.90 bits per heavy atom. The summed E-state index contributed by atoms with van der Waals surface area (Å²) < 4.78 is 5.05. The molecule has 5 nitrogen and oxygen atoms in total. The van der Waals surface area contributed by atoms with Crippen molar-refractivity contribution >= 4 is 11.9 Å². The minimum absolute atomic E-state index is 0.0297. The van der Waals surface area contributed by atoms with Gasteiger partial charge in [-0.1, -0.05) is 0 Å². The van der Waals surface area contributed by atoms with E-state index in [-0.39, 0.29) is 23.8 Å². The molecule has 1 N–H and O–H groups in total. The third-order valence-electron chi connectivity index (χ3n) is 4.34. The molecule has 0 bridgehead atoms. The van der Waals surface area contributed by atoms with Crippen LogP contribution in [0.3, 0.4) is 0 Å². The zero-order chi connectivity index (χ0) is 14.5. The van der Waals surface area contributed by atoms with Gasteiger partial charge in [-0.25, -0.2) is 0 Å². The van der Waals surface area contributed by atoms with E-state index < -0.39 is 0 Å². The van der Waals surface area contributed by atoms with Crippen LogP contribution in [0, 0.1) is 5.92 Å². The fourth-order valence-electron chi connectivity index (χ4n) is 3.15. The molecule has 2 aliphatic rings. The third kappa shape index (κ3) is 3.72. The summed E-state index contributed by atoms with van der Waals surface area (Å²) in [5.74, 6) is 0.0695. The predicted octanol–water partition coefficient (Wildman–Crippen LogP) is 1.32. The van der Waals surface area contributed by atoms with Crippen LogP contribution in [-0.2, 0) is 14.3 Å². The number of piperidine rings is 2. The van der Waals surface area contributed by atoms with Crippen LogP contribution in [0.4, 0.5) is 0 Å². The fourth-order valence-corrected chi connectivity index (χ4v) is 3.15. The number of ether oxygens (including phenoxy) is 1. The second kappa shape index (κ2) is 7.07. The molecule has 2 atom stereocenters. The summed E-state index contributed by atoms with van der Waals surface area (Å²) in [4.78, 5) is 26.0. The molecule has 0 aromatic carbocycles. The molecule has 2 fully saturated rings. The minimum atomic E-state index is -0.107. The van der Waals surface area contributed by atoms with Gasteiger partial charge in [-0.05, 0) is 46.0 Å². The predicted molar refractivity (Wildman–Crippen MR) is 76.2 cm³/mol. The number of hydrogen-bond acceptors (Lipinski definition) is 4. The number of rotatable bonds is 3. The Bertz CT molecular complexity index is 351. The van der Waals surface area contributed by atoms with Crippen molar-refractivity contribution in [3.63, 3.8) is 0 Å². The molecular weight excluding hydrogens is 256 g/mol. The molecule has 0 spiro atoms. The topological polar surface area (TPSA) is 58.6 Å². The maximum Gasteiger partial charge on any atom is 0.309 e. The number of carbonyl (C=O) groups is 2. The monoisotopic (exact) mass is 282 g/mol. The van der Waals surface area contributed by atoms with E-state index >= 15 is 0 Å². The smallest absolute Gasteiger partial charge is 0.309 e. The standard InChI is InChI=1S/C15H26N2O3/c1-3-20-15(19)12-7-9-17(10-8-12)14(18)13-6-4-5-11(2)16-13/h11-13,16H,3-10H2,1-2H3. The Hall–Kier alpha value is -1.10. The van der Waals surface area contributed by atoms with Gasteiger partial charge >= 0.3 is 5.97 Å². The average molecular weight is 282 g/mol. The van der Waals surface area contributed by atoms with Crippen molar-refractivity contribution < 1.29 is 14.3 Å². The van der Waals surface area contributed by atoms with E-state index in [2.05, 4.69) is 12.2 Å². The lowest BCUT2D eigenvalue weighted by Crippen LogP contribution is -2.53. The van der Waals surface area contributed by atoms with E-state index in [1.807, 2.05) is 11.8 Å². The second-order valence-corrected chi connectivity index (χ2v) is 5.90. The van der Waals surface area contributed by atoms with Gasteiger partial charge in [0.1, 0.15) is 0 Å². The van der Waals surface area contributed by atoms with Gasteiger partial charge < -0.3 is 15.0 Å². The first kappa shape index (κ1) is 15.3. The lowest BCUT2D eigenvalue weighted by molar-refractivity contribution is -0.151. The van der Waals surface area contributed by atoms with Crippen LogP contribution in [0.25, 0.3) is 0 Å². The van der Waals surface area contributed by atoms with Crippen LogP contribution in [-0.4, -0.2) is 48.6 Å². The number of esters is 1. The SMILES string of the molecule is CCOC(=O)C1CCN(C(=O)C2CCCC(C)N2)CC1. The van der Waals surface area contributed by atoms with Crippen LogP contribution in [0.5, 0.6) is 0 Å². The normalized spacial score (nSPS) is 28.2. The van der Waals surface area contributed by atoms with E-state index in [0.717, 1.165) is 32.1 Å². The molecular formula is C15H26N2O3. The zero-order valence-corrected chi connectivity index (χ0v) is 12.6. The van der Waals surface area contributed by atoms with Crippen molar-refractivity contribution in [2.45, 2.75) is 58.0 Å². The number of amides is 1. The lowest BCUT2D eigenvalue weighted by atomic mass is 9.94. The Kier molecular flexibility index (Phi) is 5.40. The van der Waals surface area contributed by atoms with E-state index in [0.29, 0.717) is 25.7 Å². The van der Waals surface area contributed by atoms with Gasteiger partial charge in [0.05, 0.1) is 18.6 Å². The van der Waals surface area contributed by atoms with Crippen molar-refractivity contribution in [2.75, 3.05) is 19.7 Å². The van der Waals surface area contributed by atoms with E-state index in [1.54, 1.807) is 0 Å². The molecule has 1 amide bonds. The first-order chi connectivity index (χ1) is 9.61. The van der Waals surface area contributed by atoms with Crippen molar-refractivity contribution in [1.82, 2.24) is 10.2 Å². The molecule has 114 valence electrons. The maximum absolute atomic E-state index is 12.4. The summed E-state index contributed by atoms with van der Waals surface area (Å²) in [5, 5.41) is 3.38. The molecule has 0 aromatic rings. The largest absolute Gasteiger partial charge is 0.466 e. The summed E-state index contributed by atoms with van der Waals surface area (Å²) >= 11 is 0. The molecule has 0 radical (unpaired) electrons. The highest BCUT2D eigenvalue weighted by molar-refractivity contribution is 5.82. The van der Waals surface area contributed by atoms with Crippen LogP contribution in [0.1, 0.15) is 46.0 Å². The third-order valence-corrected chi connectivity index (χ3v) is 4.34. The van der Waals surface area contributed by atoms with Crippen LogP contribution < -0.4 is 5.32 Å². The summed E-state index contributed by atoms with van der Waals surface area (Å²) in [6.45, 7) is 5.74. The second-order valence-electron chi connectivity index (χ2n) is 5.90. The number of likely N-dealkylation sites (tertiary alicyclic amines) is 1. The van der Waals surface area contributed by atoms with Gasteiger partial charge in [-0.2, -0.15) is 0 Å². The molecule has 0 aromatic heterocycles. The molecule has 20 heavy (non-hydrogen) atoms. The number of carbonyl (C=O) groups excluding carboxylic acids is 2. The molecule has 2 aliphatic heterocycles. The molecule has 2 unspecified atom stereocenters. The quantitative estimate of drug-likeness (QED) is 0.793. The maximum atomic E-state index is 12.4. The Balaban J connectivity index is 1.81. The highest BCUT2D eigenvalue weighted by atomic mass is 16.5. The number of nitrogens with one attached hydrogen (secondary N) is 1. The molecule has 5 heteroatoms. The van der Waals surface area contributed by atoms with Crippen molar-refractivity contribution in [2.24, 2.45) is 5.92 Å². The van der Waals surface area contributed by atoms with Gasteiger partial charge in [0.15, 0.2) is 0 Å². The average Bonchev–Trinajstić information content (AvgIpc) is 2.47. The van der Waals surface area contributed by atoms with Crippen molar-refractivity contribution in [3.05, 3.63) is 0 Å². The minimum Gasteiger partial charge on any atom is -0.466 e. The molecule has 2 heterocycles. The Morgan fingerprint density at radius 3 is 2.50 bits per heavy atom. The van der Waals surface area contributed by atoms with Crippen LogP contribution >= 0.6 is 0 Å². The first-order valence-corrected chi connectivity index (χ1v) is 7.83. The summed E-state index contributed by atoms with van der Waals surface area (Å²) in [5.41, 5.74) is 0. The van der Waals surface area contributed by atoms with E-state index in [9.17, 15) is 9.59 Å². The highest BCUT2D eigenvalue weighted by Crippen LogP contribution is 2.21. The Morgan fingerprint density at radius 1 is 1.20 bits per heavy atom. The highest BCUT2D eigenvalue weighted by Gasteiger charge is 2.32. The molecule has 0 aliphatic carbocycles. The number of nitrogens with zero attached hydrogens (tertiary/aromatic N) is 1. The molecule has 2 saturated heterocycles. The molecule has 0 saturated carbocycles. The van der Waals surface area contributed by atoms with Crippen LogP contribution in [0.15, 0.2) is 0 Å². The fraction of sp³-hybridized carbons (Fsp3) is 0.867. The van der Waals surface area contributed by atoms with Gasteiger partial charge in [-0.15, -0.1) is 0 Å². The lowest BCUT2D eigenvalue weighted by Gasteiger charge is -2.36. The van der Waals surface area contributed by atoms with Crippen molar-refractivity contribution in [1.29, 1.82) is 0 Å². The summed E-state index contributed by atoms with van der Waals surface area (Å²) in [6, 6.07) is 0.396. The van der Waals surface area contributed by atoms with Gasteiger partial charge in [0, 0.05) is 19.1 Å². The van der Waals surface area contributed by atoms with Gasteiger partial charge in [-0.3, -0.25) is 9.59 Å². The van der Waals surface area contributed by atoms with Crippen LogP contribution in [0.2, 0.25) is 0 Å². The Labute approximate surface area is 121 Å². The van der Waals surface area contributed by atoms with E-state index in [4.69, 9.17) is 4.74 Å². The first-order valence-electron chi connectivity index (χ1n) is 7.83. The van der Waals surface area contributed by atoms with E-state index in [1.165, 1.54) is 0 Å². The van der Waals surface area contributed by atoms with Gasteiger partial charge in [0.2, 0.25) is 5.91 Å². The number of hydrogen-bond donors (Lipinski definition) is 1. The molecule has 2 rings (SSSR count).